The number of nitrogens with zero attached hydrogens (tertiary/aromatic N) is 3. The minimum absolute atomic E-state index is 0.132. The number of anilines is 1. The van der Waals surface area contributed by atoms with Gasteiger partial charge in [0.05, 0.1) is 35.0 Å². The number of rotatable bonds is 4. The van der Waals surface area contributed by atoms with Crippen molar-refractivity contribution in [2.45, 2.75) is 19.4 Å². The number of halogens is 3. The third-order valence-corrected chi connectivity index (χ3v) is 6.17. The molecule has 2 aromatic carbocycles. The van der Waals surface area contributed by atoms with Crippen molar-refractivity contribution < 1.29 is 22.7 Å². The Kier molecular flexibility index (Phi) is 5.62. The number of pyridine rings is 1. The molecule has 1 atom stereocenters. The largest absolute Gasteiger partial charge is 0.493 e. The van der Waals surface area contributed by atoms with Crippen molar-refractivity contribution in [2.75, 3.05) is 25.6 Å². The van der Waals surface area contributed by atoms with Gasteiger partial charge in [-0.25, -0.2) is 17.7 Å². The SMILES string of the molecule is Cc1nn2c(N(C)C)c(C(=O)N[C@H]3CCOc4ccccc43)ccc2c1-c1c(F)ccc(F)c1F. The Morgan fingerprint density at radius 1 is 1.06 bits per heavy atom. The number of carbonyl (C=O) groups is 1. The number of amides is 1. The number of nitrogens with one attached hydrogen (secondary N) is 1. The lowest BCUT2D eigenvalue weighted by Gasteiger charge is -2.27. The third kappa shape index (κ3) is 3.77. The van der Waals surface area contributed by atoms with Gasteiger partial charge in [-0.3, -0.25) is 4.79 Å². The predicted octanol–water partition coefficient (Wildman–Crippen LogP) is 5.05. The van der Waals surface area contributed by atoms with Crippen LogP contribution in [0.2, 0.25) is 0 Å². The van der Waals surface area contributed by atoms with Gasteiger partial charge in [0.2, 0.25) is 0 Å². The number of carbonyl (C=O) groups excluding carboxylic acids is 1. The molecule has 0 saturated carbocycles. The molecule has 4 aromatic rings. The van der Waals surface area contributed by atoms with Crippen LogP contribution in [0.1, 0.15) is 34.1 Å². The van der Waals surface area contributed by atoms with Crippen LogP contribution in [0.4, 0.5) is 19.0 Å². The Bertz CT molecular complexity index is 1470. The summed E-state index contributed by atoms with van der Waals surface area (Å²) in [5.74, 6) is -2.50. The molecular formula is C26H23F3N4O2. The first-order valence-electron chi connectivity index (χ1n) is 11.1. The second kappa shape index (κ2) is 8.65. The van der Waals surface area contributed by atoms with E-state index in [1.54, 1.807) is 38.1 Å². The van der Waals surface area contributed by atoms with E-state index in [0.29, 0.717) is 35.6 Å². The lowest BCUT2D eigenvalue weighted by atomic mass is 10.00. The summed E-state index contributed by atoms with van der Waals surface area (Å²) < 4.78 is 50.4. The van der Waals surface area contributed by atoms with E-state index in [9.17, 15) is 18.0 Å². The van der Waals surface area contributed by atoms with Crippen molar-refractivity contribution in [2.24, 2.45) is 0 Å². The van der Waals surface area contributed by atoms with Gasteiger partial charge in [-0.1, -0.05) is 18.2 Å². The average Bonchev–Trinajstić information content (AvgIpc) is 3.16. The summed E-state index contributed by atoms with van der Waals surface area (Å²) in [7, 11) is 3.49. The maximum absolute atomic E-state index is 14.6. The van der Waals surface area contributed by atoms with Gasteiger partial charge in [0.1, 0.15) is 17.4 Å². The number of ether oxygens (including phenoxy) is 1. The van der Waals surface area contributed by atoms with E-state index in [1.165, 1.54) is 4.52 Å². The Balaban J connectivity index is 1.61. The van der Waals surface area contributed by atoms with Gasteiger partial charge in [0.15, 0.2) is 11.6 Å². The normalized spacial score (nSPS) is 15.0. The van der Waals surface area contributed by atoms with Crippen LogP contribution in [0.25, 0.3) is 16.6 Å². The molecule has 0 fully saturated rings. The van der Waals surface area contributed by atoms with Crippen molar-refractivity contribution in [3.8, 4) is 16.9 Å². The molecular weight excluding hydrogens is 457 g/mol. The summed E-state index contributed by atoms with van der Waals surface area (Å²) in [5, 5.41) is 7.54. The van der Waals surface area contributed by atoms with Crippen molar-refractivity contribution in [1.82, 2.24) is 14.9 Å². The minimum Gasteiger partial charge on any atom is -0.493 e. The van der Waals surface area contributed by atoms with Gasteiger partial charge < -0.3 is 15.0 Å². The van der Waals surface area contributed by atoms with Gasteiger partial charge >= 0.3 is 0 Å². The summed E-state index contributed by atoms with van der Waals surface area (Å²) in [6, 6.07) is 12.1. The topological polar surface area (TPSA) is 58.9 Å². The van der Waals surface area contributed by atoms with E-state index >= 15 is 0 Å². The molecule has 9 heteroatoms. The molecule has 2 aromatic heterocycles. The fourth-order valence-corrected chi connectivity index (χ4v) is 4.61. The highest BCUT2D eigenvalue weighted by molar-refractivity contribution is 6.00. The zero-order valence-electron chi connectivity index (χ0n) is 19.4. The zero-order chi connectivity index (χ0) is 24.9. The summed E-state index contributed by atoms with van der Waals surface area (Å²) in [6.45, 7) is 2.07. The van der Waals surface area contributed by atoms with Crippen molar-refractivity contribution in [3.05, 3.63) is 82.8 Å². The van der Waals surface area contributed by atoms with Crippen LogP contribution in [0.3, 0.4) is 0 Å². The van der Waals surface area contributed by atoms with E-state index < -0.39 is 23.0 Å². The summed E-state index contributed by atoms with van der Waals surface area (Å²) in [4.78, 5) is 15.1. The standard InChI is InChI=1S/C26H23F3N4O2/c1-14-22(23-17(27)9-10-18(28)24(23)29)20-11-8-16(26(32(2)3)33(20)31-14)25(34)30-19-12-13-35-21-7-5-4-6-15(19)21/h4-11,19H,12-13H2,1-3H3,(H,30,34)/t19-/m0/s1. The van der Waals surface area contributed by atoms with Crippen LogP contribution in [0.5, 0.6) is 5.75 Å². The number of fused-ring (bicyclic) bond motifs is 2. The first kappa shape index (κ1) is 22.8. The number of hydrogen-bond donors (Lipinski definition) is 1. The molecule has 1 aliphatic heterocycles. The van der Waals surface area contributed by atoms with E-state index in [-0.39, 0.29) is 17.5 Å². The summed E-state index contributed by atoms with van der Waals surface area (Å²) >= 11 is 0. The fraction of sp³-hybridized carbons (Fsp3) is 0.231. The Morgan fingerprint density at radius 2 is 1.80 bits per heavy atom. The van der Waals surface area contributed by atoms with Crippen LogP contribution in [-0.2, 0) is 0 Å². The number of benzene rings is 2. The lowest BCUT2D eigenvalue weighted by molar-refractivity contribution is 0.0925. The fourth-order valence-electron chi connectivity index (χ4n) is 4.61. The van der Waals surface area contributed by atoms with Crippen molar-refractivity contribution >= 4 is 17.2 Å². The van der Waals surface area contributed by atoms with Crippen LogP contribution in [0.15, 0.2) is 48.5 Å². The number of aromatic nitrogens is 2. The van der Waals surface area contributed by atoms with Gasteiger partial charge in [-0.15, -0.1) is 0 Å². The first-order chi connectivity index (χ1) is 16.8. The maximum atomic E-state index is 14.6. The van der Waals surface area contributed by atoms with E-state index in [1.807, 2.05) is 24.3 Å². The Labute approximate surface area is 199 Å². The molecule has 3 heterocycles. The second-order valence-corrected chi connectivity index (χ2v) is 8.64. The number of para-hydroxylation sites is 1. The lowest BCUT2D eigenvalue weighted by Crippen LogP contribution is -2.33. The molecule has 1 aliphatic rings. The molecule has 0 spiro atoms. The molecule has 180 valence electrons. The zero-order valence-corrected chi connectivity index (χ0v) is 19.4. The molecule has 1 amide bonds. The van der Waals surface area contributed by atoms with Gasteiger partial charge in [-0.2, -0.15) is 5.10 Å². The molecule has 1 N–H and O–H groups in total. The van der Waals surface area contributed by atoms with Gasteiger partial charge in [0.25, 0.3) is 5.91 Å². The Hall–Kier alpha value is -4.01. The number of hydrogen-bond acceptors (Lipinski definition) is 4. The first-order valence-corrected chi connectivity index (χ1v) is 11.1. The summed E-state index contributed by atoms with van der Waals surface area (Å²) in [6.07, 6.45) is 0.617. The molecule has 0 radical (unpaired) electrons. The quantitative estimate of drug-likeness (QED) is 0.416. The highest BCUT2D eigenvalue weighted by Gasteiger charge is 2.28. The second-order valence-electron chi connectivity index (χ2n) is 8.64. The Morgan fingerprint density at radius 3 is 2.57 bits per heavy atom. The van der Waals surface area contributed by atoms with Crippen LogP contribution < -0.4 is 15.0 Å². The predicted molar refractivity (Wildman–Crippen MR) is 126 cm³/mol. The van der Waals surface area contributed by atoms with Crippen LogP contribution in [-0.4, -0.2) is 36.2 Å². The molecule has 35 heavy (non-hydrogen) atoms. The third-order valence-electron chi connectivity index (χ3n) is 6.17. The molecule has 0 unspecified atom stereocenters. The number of aryl methyl sites for hydroxylation is 1. The summed E-state index contributed by atoms with van der Waals surface area (Å²) in [5.41, 5.74) is 1.52. The van der Waals surface area contributed by atoms with Crippen molar-refractivity contribution in [1.29, 1.82) is 0 Å². The van der Waals surface area contributed by atoms with E-state index in [0.717, 1.165) is 23.4 Å². The van der Waals surface area contributed by atoms with Crippen molar-refractivity contribution in [3.63, 3.8) is 0 Å². The van der Waals surface area contributed by atoms with Crippen LogP contribution >= 0.6 is 0 Å². The van der Waals surface area contributed by atoms with E-state index in [2.05, 4.69) is 10.4 Å². The molecule has 0 saturated heterocycles. The minimum atomic E-state index is -1.28. The highest BCUT2D eigenvalue weighted by Crippen LogP contribution is 2.36. The van der Waals surface area contributed by atoms with Gasteiger partial charge in [0, 0.05) is 31.6 Å². The van der Waals surface area contributed by atoms with Crippen LogP contribution in [0, 0.1) is 24.4 Å². The smallest absolute Gasteiger partial charge is 0.255 e. The molecule has 0 bridgehead atoms. The van der Waals surface area contributed by atoms with Gasteiger partial charge in [-0.05, 0) is 37.3 Å². The molecule has 0 aliphatic carbocycles. The average molecular weight is 480 g/mol. The highest BCUT2D eigenvalue weighted by atomic mass is 19.2. The molecule has 6 nitrogen and oxygen atoms in total. The monoisotopic (exact) mass is 480 g/mol. The molecule has 5 rings (SSSR count). The van der Waals surface area contributed by atoms with E-state index in [4.69, 9.17) is 4.74 Å². The maximum Gasteiger partial charge on any atom is 0.255 e.